The van der Waals surface area contributed by atoms with Crippen LogP contribution in [-0.2, 0) is 28.0 Å². The van der Waals surface area contributed by atoms with Gasteiger partial charge < -0.3 is 10.6 Å². The summed E-state index contributed by atoms with van der Waals surface area (Å²) < 4.78 is 0. The Labute approximate surface area is 154 Å². The van der Waals surface area contributed by atoms with Gasteiger partial charge in [0.15, 0.2) is 0 Å². The number of aryl methyl sites for hydroxylation is 1. The summed E-state index contributed by atoms with van der Waals surface area (Å²) in [4.78, 5) is 26.3. The Balaban J connectivity index is 1.53. The largest absolute Gasteiger partial charge is 0.370 e. The third-order valence-electron chi connectivity index (χ3n) is 5.92. The lowest BCUT2D eigenvalue weighted by Gasteiger charge is -2.24. The molecule has 1 spiro atoms. The Morgan fingerprint density at radius 2 is 1.81 bits per heavy atom. The molecule has 2 N–H and O–H groups in total. The molecule has 0 unspecified atom stereocenters. The van der Waals surface area contributed by atoms with Crippen LogP contribution in [-0.4, -0.2) is 23.3 Å². The van der Waals surface area contributed by atoms with E-state index in [0.29, 0.717) is 13.1 Å². The van der Waals surface area contributed by atoms with Crippen molar-refractivity contribution >= 4 is 11.8 Å². The van der Waals surface area contributed by atoms with Gasteiger partial charge in [0.05, 0.1) is 0 Å². The molecule has 4 nitrogen and oxygen atoms in total. The summed E-state index contributed by atoms with van der Waals surface area (Å²) in [5, 5.41) is 0. The van der Waals surface area contributed by atoms with Gasteiger partial charge in [-0.2, -0.15) is 0 Å². The minimum Gasteiger partial charge on any atom is -0.370 e. The van der Waals surface area contributed by atoms with Crippen molar-refractivity contribution in [3.05, 3.63) is 71.3 Å². The molecule has 0 aromatic heterocycles. The summed E-state index contributed by atoms with van der Waals surface area (Å²) in [6, 6.07) is 18.4. The van der Waals surface area contributed by atoms with Gasteiger partial charge in [-0.25, -0.2) is 0 Å². The molecule has 4 rings (SSSR count). The molecule has 2 aromatic rings. The molecule has 0 bridgehead atoms. The number of hydrogen-bond donors (Lipinski definition) is 1. The molecule has 26 heavy (non-hydrogen) atoms. The number of nitrogens with zero attached hydrogens (tertiary/aromatic N) is 1. The van der Waals surface area contributed by atoms with Gasteiger partial charge in [-0.1, -0.05) is 54.6 Å². The van der Waals surface area contributed by atoms with Crippen LogP contribution < -0.4 is 5.73 Å². The highest BCUT2D eigenvalue weighted by Crippen LogP contribution is 2.62. The fourth-order valence-corrected chi connectivity index (χ4v) is 4.46. The van der Waals surface area contributed by atoms with E-state index in [-0.39, 0.29) is 29.6 Å². The van der Waals surface area contributed by atoms with Gasteiger partial charge in [-0.05, 0) is 36.0 Å². The number of rotatable bonds is 6. The first-order chi connectivity index (χ1) is 12.6. The maximum atomic E-state index is 13.3. The quantitative estimate of drug-likeness (QED) is 0.872. The first-order valence-electron chi connectivity index (χ1n) is 9.29. The van der Waals surface area contributed by atoms with Crippen LogP contribution in [0.3, 0.4) is 0 Å². The second-order valence-corrected chi connectivity index (χ2v) is 7.53. The molecule has 0 radical (unpaired) electrons. The Morgan fingerprint density at radius 1 is 1.08 bits per heavy atom. The highest BCUT2D eigenvalue weighted by atomic mass is 16.2. The molecule has 2 amide bonds. The van der Waals surface area contributed by atoms with Crippen LogP contribution in [0.4, 0.5) is 0 Å². The topological polar surface area (TPSA) is 63.4 Å². The molecule has 0 aliphatic heterocycles. The molecule has 4 heteroatoms. The molecular formula is C22H24N2O2. The van der Waals surface area contributed by atoms with Crippen LogP contribution in [0.25, 0.3) is 0 Å². The second kappa shape index (κ2) is 6.60. The van der Waals surface area contributed by atoms with E-state index in [1.54, 1.807) is 0 Å². The minimum atomic E-state index is -0.368. The average molecular weight is 348 g/mol. The van der Waals surface area contributed by atoms with Gasteiger partial charge in [0, 0.05) is 30.8 Å². The molecular weight excluding hydrogens is 324 g/mol. The summed E-state index contributed by atoms with van der Waals surface area (Å²) in [6.07, 6.45) is 3.23. The smallest absolute Gasteiger partial charge is 0.226 e. The summed E-state index contributed by atoms with van der Waals surface area (Å²) in [6.45, 7) is 0.915. The van der Waals surface area contributed by atoms with E-state index in [0.717, 1.165) is 24.8 Å². The Bertz CT molecular complexity index is 833. The number of carbonyl (C=O) groups is 2. The number of primary amides is 1. The van der Waals surface area contributed by atoms with Crippen LogP contribution in [0.1, 0.15) is 36.0 Å². The van der Waals surface area contributed by atoms with Crippen molar-refractivity contribution in [2.75, 3.05) is 6.54 Å². The highest BCUT2D eigenvalue weighted by molar-refractivity contribution is 5.85. The summed E-state index contributed by atoms with van der Waals surface area (Å²) in [7, 11) is 0. The lowest BCUT2D eigenvalue weighted by molar-refractivity contribution is -0.134. The SMILES string of the molecule is NC(=O)CCN(Cc1ccccc1)C(=O)[C@H]1C[C@]12CCc1ccccc12. The van der Waals surface area contributed by atoms with Crippen LogP contribution in [0.2, 0.25) is 0 Å². The lowest BCUT2D eigenvalue weighted by Crippen LogP contribution is -2.36. The Hall–Kier alpha value is -2.62. The van der Waals surface area contributed by atoms with Gasteiger partial charge in [0.1, 0.15) is 0 Å². The van der Waals surface area contributed by atoms with E-state index in [1.165, 1.54) is 11.1 Å². The fourth-order valence-electron chi connectivity index (χ4n) is 4.46. The standard InChI is InChI=1S/C22H24N2O2/c23-20(25)11-13-24(15-16-6-2-1-3-7-16)21(26)19-14-22(19)12-10-17-8-4-5-9-18(17)22/h1-9,19H,10-15H2,(H2,23,25)/t19-,22+/m1/s1. The van der Waals surface area contributed by atoms with Crippen molar-refractivity contribution in [2.24, 2.45) is 11.7 Å². The monoisotopic (exact) mass is 348 g/mol. The van der Waals surface area contributed by atoms with E-state index in [4.69, 9.17) is 5.73 Å². The predicted molar refractivity (Wildman–Crippen MR) is 100 cm³/mol. The zero-order valence-electron chi connectivity index (χ0n) is 14.9. The zero-order chi connectivity index (χ0) is 18.1. The number of nitrogens with two attached hydrogens (primary N) is 1. The molecule has 134 valence electrons. The van der Waals surface area contributed by atoms with Crippen molar-refractivity contribution in [3.63, 3.8) is 0 Å². The zero-order valence-corrected chi connectivity index (χ0v) is 14.9. The normalized spacial score (nSPS) is 22.8. The lowest BCUT2D eigenvalue weighted by atomic mass is 9.95. The number of fused-ring (bicyclic) bond motifs is 2. The van der Waals surface area contributed by atoms with Crippen molar-refractivity contribution < 1.29 is 9.59 Å². The summed E-state index contributed by atoms with van der Waals surface area (Å²) in [5.41, 5.74) is 9.17. The Morgan fingerprint density at radius 3 is 2.58 bits per heavy atom. The van der Waals surface area contributed by atoms with Gasteiger partial charge in [-0.15, -0.1) is 0 Å². The van der Waals surface area contributed by atoms with E-state index in [9.17, 15) is 9.59 Å². The Kier molecular flexibility index (Phi) is 4.27. The van der Waals surface area contributed by atoms with Gasteiger partial charge >= 0.3 is 0 Å². The van der Waals surface area contributed by atoms with Crippen molar-refractivity contribution in [1.29, 1.82) is 0 Å². The summed E-state index contributed by atoms with van der Waals surface area (Å²) in [5.74, 6) is -0.179. The second-order valence-electron chi connectivity index (χ2n) is 7.53. The maximum absolute atomic E-state index is 13.3. The first kappa shape index (κ1) is 16.8. The van der Waals surface area contributed by atoms with E-state index in [1.807, 2.05) is 35.2 Å². The molecule has 1 fully saturated rings. The number of amides is 2. The minimum absolute atomic E-state index is 0.0232. The maximum Gasteiger partial charge on any atom is 0.226 e. The van der Waals surface area contributed by atoms with Gasteiger partial charge in [0.2, 0.25) is 11.8 Å². The van der Waals surface area contributed by atoms with Crippen LogP contribution in [0, 0.1) is 5.92 Å². The number of carbonyl (C=O) groups excluding carboxylic acids is 2. The first-order valence-corrected chi connectivity index (χ1v) is 9.29. The molecule has 0 saturated heterocycles. The predicted octanol–water partition coefficient (Wildman–Crippen LogP) is 2.79. The number of hydrogen-bond acceptors (Lipinski definition) is 2. The van der Waals surface area contributed by atoms with Crippen molar-refractivity contribution in [3.8, 4) is 0 Å². The molecule has 2 aromatic carbocycles. The highest BCUT2D eigenvalue weighted by Gasteiger charge is 2.61. The third kappa shape index (κ3) is 3.00. The van der Waals surface area contributed by atoms with E-state index < -0.39 is 0 Å². The molecule has 0 heterocycles. The summed E-state index contributed by atoms with van der Waals surface area (Å²) >= 11 is 0. The molecule has 2 aliphatic carbocycles. The molecule has 1 saturated carbocycles. The van der Waals surface area contributed by atoms with E-state index in [2.05, 4.69) is 24.3 Å². The van der Waals surface area contributed by atoms with Crippen molar-refractivity contribution in [1.82, 2.24) is 4.90 Å². The molecule has 2 atom stereocenters. The molecule has 2 aliphatic rings. The third-order valence-corrected chi connectivity index (χ3v) is 5.92. The van der Waals surface area contributed by atoms with Crippen LogP contribution in [0.5, 0.6) is 0 Å². The van der Waals surface area contributed by atoms with Gasteiger partial charge in [-0.3, -0.25) is 9.59 Å². The number of benzene rings is 2. The van der Waals surface area contributed by atoms with Crippen molar-refractivity contribution in [2.45, 2.75) is 37.6 Å². The van der Waals surface area contributed by atoms with Crippen LogP contribution in [0.15, 0.2) is 54.6 Å². The van der Waals surface area contributed by atoms with Gasteiger partial charge in [0.25, 0.3) is 0 Å². The fraction of sp³-hybridized carbons (Fsp3) is 0.364. The average Bonchev–Trinajstić information content (AvgIpc) is 3.27. The van der Waals surface area contributed by atoms with E-state index >= 15 is 0 Å². The van der Waals surface area contributed by atoms with Crippen LogP contribution >= 0.6 is 0 Å².